The monoisotopic (exact) mass is 366 g/mol. The van der Waals surface area contributed by atoms with E-state index < -0.39 is 17.7 Å². The van der Waals surface area contributed by atoms with E-state index in [2.05, 4.69) is 25.6 Å². The van der Waals surface area contributed by atoms with Crippen LogP contribution in [0.1, 0.15) is 15.9 Å². The summed E-state index contributed by atoms with van der Waals surface area (Å²) < 4.78 is 43.9. The van der Waals surface area contributed by atoms with Crippen LogP contribution in [-0.4, -0.2) is 44.1 Å². The number of pyridine rings is 2. The van der Waals surface area contributed by atoms with E-state index in [9.17, 15) is 18.0 Å². The molecule has 0 saturated carbocycles. The number of hydrogen-bond donors (Lipinski definition) is 1. The smallest absolute Gasteiger partial charge is 0.417 e. The van der Waals surface area contributed by atoms with Gasteiger partial charge in [-0.3, -0.25) is 0 Å². The SMILES string of the molecule is Cn1nnc2cc(C(=O)OCCNc3ccc(C(F)(F)F)cn3)cnc21. The molecule has 3 rings (SSSR count). The number of nitrogens with zero attached hydrogens (tertiary/aromatic N) is 5. The molecule has 136 valence electrons. The summed E-state index contributed by atoms with van der Waals surface area (Å²) >= 11 is 0. The average molecular weight is 366 g/mol. The van der Waals surface area contributed by atoms with Crippen molar-refractivity contribution in [3.63, 3.8) is 0 Å². The molecular formula is C15H13F3N6O2. The van der Waals surface area contributed by atoms with Crippen LogP contribution in [0, 0.1) is 0 Å². The molecule has 3 aromatic rings. The third-order valence-electron chi connectivity index (χ3n) is 3.41. The van der Waals surface area contributed by atoms with Crippen molar-refractivity contribution in [3.05, 3.63) is 41.7 Å². The summed E-state index contributed by atoms with van der Waals surface area (Å²) in [6.45, 7) is 0.185. The molecule has 0 radical (unpaired) electrons. The highest BCUT2D eigenvalue weighted by Gasteiger charge is 2.30. The van der Waals surface area contributed by atoms with Crippen molar-refractivity contribution in [1.82, 2.24) is 25.0 Å². The Hall–Kier alpha value is -3.24. The number of aryl methyl sites for hydroxylation is 1. The lowest BCUT2D eigenvalue weighted by molar-refractivity contribution is -0.137. The van der Waals surface area contributed by atoms with Gasteiger partial charge < -0.3 is 10.1 Å². The van der Waals surface area contributed by atoms with E-state index >= 15 is 0 Å². The first-order valence-electron chi connectivity index (χ1n) is 7.44. The van der Waals surface area contributed by atoms with Gasteiger partial charge in [0.15, 0.2) is 5.65 Å². The normalized spacial score (nSPS) is 11.5. The molecule has 0 saturated heterocycles. The van der Waals surface area contributed by atoms with Crippen LogP contribution in [0.5, 0.6) is 0 Å². The van der Waals surface area contributed by atoms with Gasteiger partial charge in [-0.25, -0.2) is 19.4 Å². The van der Waals surface area contributed by atoms with Crippen molar-refractivity contribution < 1.29 is 22.7 Å². The zero-order chi connectivity index (χ0) is 18.7. The van der Waals surface area contributed by atoms with Crippen LogP contribution in [0.3, 0.4) is 0 Å². The number of esters is 1. The van der Waals surface area contributed by atoms with E-state index in [0.29, 0.717) is 11.2 Å². The molecule has 3 heterocycles. The van der Waals surface area contributed by atoms with Gasteiger partial charge in [-0.15, -0.1) is 5.10 Å². The molecule has 3 aromatic heterocycles. The minimum absolute atomic E-state index is 0.0000407. The lowest BCUT2D eigenvalue weighted by Crippen LogP contribution is -2.15. The van der Waals surface area contributed by atoms with Crippen molar-refractivity contribution in [2.24, 2.45) is 7.05 Å². The molecule has 0 fully saturated rings. The molecule has 1 N–H and O–H groups in total. The first-order chi connectivity index (χ1) is 12.3. The summed E-state index contributed by atoms with van der Waals surface area (Å²) in [5.41, 5.74) is 0.401. The minimum Gasteiger partial charge on any atom is -0.460 e. The summed E-state index contributed by atoms with van der Waals surface area (Å²) in [7, 11) is 1.68. The van der Waals surface area contributed by atoms with Crippen LogP contribution >= 0.6 is 0 Å². The second kappa shape index (κ2) is 6.94. The van der Waals surface area contributed by atoms with Gasteiger partial charge >= 0.3 is 12.1 Å². The zero-order valence-electron chi connectivity index (χ0n) is 13.5. The fourth-order valence-electron chi connectivity index (χ4n) is 2.11. The van der Waals surface area contributed by atoms with Crippen molar-refractivity contribution >= 4 is 23.0 Å². The van der Waals surface area contributed by atoms with E-state index in [4.69, 9.17) is 4.74 Å². The molecule has 0 spiro atoms. The fraction of sp³-hybridized carbons (Fsp3) is 0.267. The van der Waals surface area contributed by atoms with Crippen molar-refractivity contribution in [2.45, 2.75) is 6.18 Å². The Kier molecular flexibility index (Phi) is 4.69. The highest BCUT2D eigenvalue weighted by atomic mass is 19.4. The summed E-state index contributed by atoms with van der Waals surface area (Å²) in [6.07, 6.45) is -2.34. The van der Waals surface area contributed by atoms with E-state index in [0.717, 1.165) is 12.3 Å². The quantitative estimate of drug-likeness (QED) is 0.545. The number of alkyl halides is 3. The first-order valence-corrected chi connectivity index (χ1v) is 7.44. The molecule has 0 aromatic carbocycles. The number of rotatable bonds is 5. The maximum atomic E-state index is 12.4. The molecule has 0 aliphatic heterocycles. The van der Waals surface area contributed by atoms with Crippen LogP contribution in [-0.2, 0) is 18.0 Å². The topological polar surface area (TPSA) is 94.8 Å². The summed E-state index contributed by atoms with van der Waals surface area (Å²) in [6, 6.07) is 3.64. The number of fused-ring (bicyclic) bond motifs is 1. The molecule has 0 aliphatic carbocycles. The molecule has 0 bridgehead atoms. The fourth-order valence-corrected chi connectivity index (χ4v) is 2.11. The number of anilines is 1. The van der Waals surface area contributed by atoms with E-state index in [1.807, 2.05) is 0 Å². The van der Waals surface area contributed by atoms with Gasteiger partial charge in [0.2, 0.25) is 0 Å². The van der Waals surface area contributed by atoms with Crippen LogP contribution in [0.15, 0.2) is 30.6 Å². The Morgan fingerprint density at radius 1 is 1.27 bits per heavy atom. The van der Waals surface area contributed by atoms with Crippen LogP contribution in [0.2, 0.25) is 0 Å². The van der Waals surface area contributed by atoms with Crippen molar-refractivity contribution in [1.29, 1.82) is 0 Å². The van der Waals surface area contributed by atoms with Gasteiger partial charge in [-0.2, -0.15) is 13.2 Å². The standard InChI is InChI=1S/C15H13F3N6O2/c1-24-13-11(22-23-24)6-9(7-21-13)14(25)26-5-4-19-12-3-2-10(8-20-12)15(16,17)18/h2-3,6-8H,4-5H2,1H3,(H,19,20). The highest BCUT2D eigenvalue weighted by Crippen LogP contribution is 2.28. The van der Waals surface area contributed by atoms with Gasteiger partial charge in [0.05, 0.1) is 17.7 Å². The largest absolute Gasteiger partial charge is 0.460 e. The van der Waals surface area contributed by atoms with E-state index in [-0.39, 0.29) is 24.5 Å². The molecule has 0 aliphatic rings. The zero-order valence-corrected chi connectivity index (χ0v) is 13.5. The van der Waals surface area contributed by atoms with Gasteiger partial charge in [-0.05, 0) is 18.2 Å². The molecule has 8 nitrogen and oxygen atoms in total. The maximum Gasteiger partial charge on any atom is 0.417 e. The number of nitrogens with one attached hydrogen (secondary N) is 1. The Balaban J connectivity index is 1.50. The van der Waals surface area contributed by atoms with E-state index in [1.54, 1.807) is 7.05 Å². The number of aromatic nitrogens is 5. The average Bonchev–Trinajstić information content (AvgIpc) is 2.98. The van der Waals surface area contributed by atoms with Gasteiger partial charge in [-0.1, -0.05) is 5.21 Å². The lowest BCUT2D eigenvalue weighted by Gasteiger charge is -2.09. The lowest BCUT2D eigenvalue weighted by atomic mass is 10.3. The Labute approximate surface area is 145 Å². The molecule has 0 unspecified atom stereocenters. The highest BCUT2D eigenvalue weighted by molar-refractivity contribution is 5.92. The second-order valence-electron chi connectivity index (χ2n) is 5.27. The minimum atomic E-state index is -4.43. The first kappa shape index (κ1) is 17.6. The number of ether oxygens (including phenoxy) is 1. The molecule has 0 amide bonds. The van der Waals surface area contributed by atoms with Crippen molar-refractivity contribution in [3.8, 4) is 0 Å². The number of hydrogen-bond acceptors (Lipinski definition) is 7. The maximum absolute atomic E-state index is 12.4. The Morgan fingerprint density at radius 3 is 2.77 bits per heavy atom. The number of carbonyl (C=O) groups excluding carboxylic acids is 1. The predicted molar refractivity (Wildman–Crippen MR) is 84.3 cm³/mol. The number of carbonyl (C=O) groups is 1. The molecule has 11 heteroatoms. The third kappa shape index (κ3) is 3.87. The van der Waals surface area contributed by atoms with E-state index in [1.165, 1.54) is 23.0 Å². The molecular weight excluding hydrogens is 353 g/mol. The van der Waals surface area contributed by atoms with Gasteiger partial charge in [0.25, 0.3) is 0 Å². The van der Waals surface area contributed by atoms with Gasteiger partial charge in [0.1, 0.15) is 17.9 Å². The Bertz CT molecular complexity index is 923. The predicted octanol–water partition coefficient (Wildman–Crippen LogP) is 2.05. The Morgan fingerprint density at radius 2 is 2.08 bits per heavy atom. The molecule has 0 atom stereocenters. The van der Waals surface area contributed by atoms with Gasteiger partial charge in [0, 0.05) is 19.4 Å². The van der Waals surface area contributed by atoms with Crippen molar-refractivity contribution in [2.75, 3.05) is 18.5 Å². The van der Waals surface area contributed by atoms with Crippen LogP contribution in [0.25, 0.3) is 11.2 Å². The second-order valence-corrected chi connectivity index (χ2v) is 5.27. The molecule has 26 heavy (non-hydrogen) atoms. The third-order valence-corrected chi connectivity index (χ3v) is 3.41. The summed E-state index contributed by atoms with van der Waals surface area (Å²) in [5, 5.41) is 10.4. The van der Waals surface area contributed by atoms with Crippen LogP contribution in [0.4, 0.5) is 19.0 Å². The summed E-state index contributed by atoms with van der Waals surface area (Å²) in [4.78, 5) is 19.7. The van der Waals surface area contributed by atoms with Crippen LogP contribution < -0.4 is 5.32 Å². The number of halogens is 3. The summed E-state index contributed by atoms with van der Waals surface area (Å²) in [5.74, 6) is -0.344.